The normalized spacial score (nSPS) is 11.6. The SMILES string of the molecule is C[N+](C)(C)CC#Cc1c2ccccc2c(C#CC[N+](C)(C)C)c2ccccc12. The van der Waals surface area contributed by atoms with Gasteiger partial charge in [-0.15, -0.1) is 0 Å². The minimum atomic E-state index is 0.813. The topological polar surface area (TPSA) is 0 Å². The third-order valence-electron chi connectivity index (χ3n) is 4.47. The fourth-order valence-corrected chi connectivity index (χ4v) is 3.13. The molecule has 0 atom stereocenters. The largest absolute Gasteiger partial charge is 0.321 e. The van der Waals surface area contributed by atoms with Crippen LogP contribution in [-0.4, -0.2) is 64.3 Å². The molecule has 0 aromatic heterocycles. The fraction of sp³-hybridized carbons (Fsp3) is 0.308. The van der Waals surface area contributed by atoms with Crippen molar-refractivity contribution in [2.45, 2.75) is 0 Å². The van der Waals surface area contributed by atoms with E-state index in [4.69, 9.17) is 0 Å². The first-order chi connectivity index (χ1) is 13.2. The van der Waals surface area contributed by atoms with Gasteiger partial charge in [0.05, 0.1) is 42.3 Å². The summed E-state index contributed by atoms with van der Waals surface area (Å²) < 4.78 is 1.66. The van der Waals surface area contributed by atoms with Crippen LogP contribution in [0.1, 0.15) is 11.1 Å². The second kappa shape index (κ2) is 7.69. The molecule has 0 saturated heterocycles. The van der Waals surface area contributed by atoms with Crippen molar-refractivity contribution in [1.82, 2.24) is 0 Å². The predicted octanol–water partition coefficient (Wildman–Crippen LogP) is 4.11. The molecule has 142 valence electrons. The van der Waals surface area contributed by atoms with Crippen LogP contribution in [0.25, 0.3) is 21.5 Å². The Balaban J connectivity index is 2.27. The molecule has 0 aliphatic carbocycles. The van der Waals surface area contributed by atoms with Crippen molar-refractivity contribution in [1.29, 1.82) is 0 Å². The van der Waals surface area contributed by atoms with Gasteiger partial charge in [0.15, 0.2) is 0 Å². The molecule has 0 radical (unpaired) electrons. The first-order valence-electron chi connectivity index (χ1n) is 9.68. The first kappa shape index (κ1) is 20.0. The fourth-order valence-electron chi connectivity index (χ4n) is 3.13. The number of quaternary nitrogens is 2. The maximum atomic E-state index is 3.48. The molecule has 3 rings (SSSR count). The molecule has 28 heavy (non-hydrogen) atoms. The minimum Gasteiger partial charge on any atom is -0.321 e. The van der Waals surface area contributed by atoms with Gasteiger partial charge in [-0.2, -0.15) is 0 Å². The zero-order valence-electron chi connectivity index (χ0n) is 17.9. The number of fused-ring (bicyclic) bond motifs is 2. The molecule has 2 heteroatoms. The van der Waals surface area contributed by atoms with Crippen LogP contribution in [0.15, 0.2) is 48.5 Å². The number of hydrogen-bond donors (Lipinski definition) is 0. The van der Waals surface area contributed by atoms with E-state index in [1.165, 1.54) is 21.5 Å². The Hall–Kier alpha value is -2.78. The molecule has 3 aromatic carbocycles. The van der Waals surface area contributed by atoms with Gasteiger partial charge in [0, 0.05) is 11.1 Å². The highest BCUT2D eigenvalue weighted by molar-refractivity contribution is 6.09. The van der Waals surface area contributed by atoms with E-state index < -0.39 is 0 Å². The van der Waals surface area contributed by atoms with Crippen LogP contribution in [0, 0.1) is 23.7 Å². The summed E-state index contributed by atoms with van der Waals surface area (Å²) in [6.07, 6.45) is 0. The van der Waals surface area contributed by atoms with Crippen LogP contribution in [0.5, 0.6) is 0 Å². The van der Waals surface area contributed by atoms with Crippen molar-refractivity contribution in [3.8, 4) is 23.7 Å². The average molecular weight is 371 g/mol. The molecule has 0 aliphatic heterocycles. The van der Waals surface area contributed by atoms with Crippen molar-refractivity contribution in [2.75, 3.05) is 55.4 Å². The van der Waals surface area contributed by atoms with Crippen molar-refractivity contribution in [3.05, 3.63) is 59.7 Å². The van der Waals surface area contributed by atoms with Gasteiger partial charge in [-0.1, -0.05) is 60.4 Å². The summed E-state index contributed by atoms with van der Waals surface area (Å²) in [5, 5.41) is 4.74. The van der Waals surface area contributed by atoms with E-state index in [1.54, 1.807) is 0 Å². The Morgan fingerprint density at radius 1 is 0.536 bits per heavy atom. The van der Waals surface area contributed by atoms with Gasteiger partial charge in [0.1, 0.15) is 13.1 Å². The summed E-state index contributed by atoms with van der Waals surface area (Å²) >= 11 is 0. The summed E-state index contributed by atoms with van der Waals surface area (Å²) in [6.45, 7) is 1.63. The lowest BCUT2D eigenvalue weighted by Gasteiger charge is -2.20. The van der Waals surface area contributed by atoms with Gasteiger partial charge in [-0.3, -0.25) is 0 Å². The molecule has 0 unspecified atom stereocenters. The standard InChI is InChI=1S/C26H30N2/c1-27(2,3)19-11-17-25-21-13-7-9-15-23(21)26(18-12-20-28(4,5)6)24-16-10-8-14-22(24)25/h7-10,13-16H,19-20H2,1-6H3/q+2. The van der Waals surface area contributed by atoms with Gasteiger partial charge in [0.25, 0.3) is 0 Å². The molecule has 0 amide bonds. The van der Waals surface area contributed by atoms with Crippen LogP contribution < -0.4 is 0 Å². The zero-order valence-corrected chi connectivity index (χ0v) is 17.9. The molecule has 0 N–H and O–H groups in total. The summed E-state index contributed by atoms with van der Waals surface area (Å²) in [7, 11) is 13.0. The average Bonchev–Trinajstić information content (AvgIpc) is 2.61. The Labute approximate surface area is 169 Å². The van der Waals surface area contributed by atoms with Gasteiger partial charge >= 0.3 is 0 Å². The van der Waals surface area contributed by atoms with Gasteiger partial charge in [-0.25, -0.2) is 0 Å². The van der Waals surface area contributed by atoms with Crippen LogP contribution in [0.4, 0.5) is 0 Å². The Kier molecular flexibility index (Phi) is 5.48. The van der Waals surface area contributed by atoms with Crippen molar-refractivity contribution < 1.29 is 8.97 Å². The van der Waals surface area contributed by atoms with E-state index in [2.05, 4.69) is 114 Å². The molecular formula is C26H30N2+2. The lowest BCUT2D eigenvalue weighted by Crippen LogP contribution is -2.34. The second-order valence-corrected chi connectivity index (χ2v) is 9.34. The summed E-state index contributed by atoms with van der Waals surface area (Å²) in [4.78, 5) is 0. The van der Waals surface area contributed by atoms with E-state index in [0.29, 0.717) is 0 Å². The van der Waals surface area contributed by atoms with Gasteiger partial charge in [0.2, 0.25) is 0 Å². The molecule has 0 fully saturated rings. The molecule has 2 nitrogen and oxygen atoms in total. The number of nitrogens with zero attached hydrogens (tertiary/aromatic N) is 2. The Morgan fingerprint density at radius 2 is 0.821 bits per heavy atom. The molecule has 0 heterocycles. The zero-order chi connectivity index (χ0) is 20.4. The monoisotopic (exact) mass is 370 g/mol. The number of benzene rings is 3. The molecule has 0 aliphatic rings. The third-order valence-corrected chi connectivity index (χ3v) is 4.47. The molecule has 0 bridgehead atoms. The molecule has 0 saturated carbocycles. The quantitative estimate of drug-likeness (QED) is 0.362. The van der Waals surface area contributed by atoms with Crippen LogP contribution in [0.2, 0.25) is 0 Å². The van der Waals surface area contributed by atoms with E-state index in [1.807, 2.05) is 0 Å². The maximum absolute atomic E-state index is 3.48. The minimum absolute atomic E-state index is 0.813. The number of rotatable bonds is 2. The lowest BCUT2D eigenvalue weighted by atomic mass is 9.92. The highest BCUT2D eigenvalue weighted by Gasteiger charge is 2.12. The summed E-state index contributed by atoms with van der Waals surface area (Å²) in [6, 6.07) is 17.0. The predicted molar refractivity (Wildman–Crippen MR) is 121 cm³/mol. The first-order valence-corrected chi connectivity index (χ1v) is 9.68. The summed E-state index contributed by atoms with van der Waals surface area (Å²) in [5.74, 6) is 13.7. The Bertz CT molecular complexity index is 985. The second-order valence-electron chi connectivity index (χ2n) is 9.34. The highest BCUT2D eigenvalue weighted by Crippen LogP contribution is 2.32. The van der Waals surface area contributed by atoms with Gasteiger partial charge < -0.3 is 8.97 Å². The highest BCUT2D eigenvalue weighted by atomic mass is 15.3. The van der Waals surface area contributed by atoms with E-state index in [0.717, 1.165) is 33.2 Å². The van der Waals surface area contributed by atoms with E-state index in [-0.39, 0.29) is 0 Å². The molecule has 3 aromatic rings. The van der Waals surface area contributed by atoms with E-state index in [9.17, 15) is 0 Å². The smallest absolute Gasteiger partial charge is 0.140 e. The third kappa shape index (κ3) is 4.73. The van der Waals surface area contributed by atoms with Crippen LogP contribution in [0.3, 0.4) is 0 Å². The lowest BCUT2D eigenvalue weighted by molar-refractivity contribution is -0.862. The molecule has 0 spiro atoms. The van der Waals surface area contributed by atoms with Crippen LogP contribution in [-0.2, 0) is 0 Å². The number of hydrogen-bond acceptors (Lipinski definition) is 0. The van der Waals surface area contributed by atoms with Gasteiger partial charge in [-0.05, 0) is 33.4 Å². The van der Waals surface area contributed by atoms with Crippen molar-refractivity contribution in [3.63, 3.8) is 0 Å². The maximum Gasteiger partial charge on any atom is 0.140 e. The van der Waals surface area contributed by atoms with Crippen LogP contribution >= 0.6 is 0 Å². The van der Waals surface area contributed by atoms with Crippen molar-refractivity contribution >= 4 is 21.5 Å². The Morgan fingerprint density at radius 3 is 1.07 bits per heavy atom. The van der Waals surface area contributed by atoms with Crippen molar-refractivity contribution in [2.24, 2.45) is 0 Å². The molecular weight excluding hydrogens is 340 g/mol. The summed E-state index contributed by atoms with van der Waals surface area (Å²) in [5.41, 5.74) is 2.22. The van der Waals surface area contributed by atoms with E-state index >= 15 is 0 Å².